The summed E-state index contributed by atoms with van der Waals surface area (Å²) < 4.78 is 0.869. The van der Waals surface area contributed by atoms with E-state index in [0.717, 1.165) is 4.47 Å². The van der Waals surface area contributed by atoms with Crippen molar-refractivity contribution in [1.29, 1.82) is 0 Å². The number of likely N-dealkylation sites (N-methyl/N-ethyl adjacent to an activating group) is 1. The van der Waals surface area contributed by atoms with Crippen molar-refractivity contribution >= 4 is 50.7 Å². The molecule has 0 unspecified atom stereocenters. The van der Waals surface area contributed by atoms with Crippen LogP contribution in [0.1, 0.15) is 20.3 Å². The SMILES string of the molecule is C[C@@H](C(=O)Nc1cccc(Br)c1)N(C)CC(=O)N1c2ccccc2NC(=O)C[C@@H]1C. The Balaban J connectivity index is 1.71. The van der Waals surface area contributed by atoms with Gasteiger partial charge in [-0.3, -0.25) is 19.3 Å². The number of halogens is 1. The second-order valence-electron chi connectivity index (χ2n) is 7.47. The number of para-hydroxylation sites is 2. The van der Waals surface area contributed by atoms with E-state index in [9.17, 15) is 14.4 Å². The molecule has 8 heteroatoms. The van der Waals surface area contributed by atoms with E-state index in [2.05, 4.69) is 26.6 Å². The lowest BCUT2D eigenvalue weighted by molar-refractivity contribution is -0.123. The number of fused-ring (bicyclic) bond motifs is 1. The van der Waals surface area contributed by atoms with Gasteiger partial charge < -0.3 is 15.5 Å². The van der Waals surface area contributed by atoms with Crippen molar-refractivity contribution in [1.82, 2.24) is 4.90 Å². The van der Waals surface area contributed by atoms with Gasteiger partial charge in [-0.1, -0.05) is 34.1 Å². The van der Waals surface area contributed by atoms with E-state index in [4.69, 9.17) is 0 Å². The molecule has 158 valence electrons. The molecule has 0 spiro atoms. The number of nitrogens with one attached hydrogen (secondary N) is 2. The van der Waals surface area contributed by atoms with Crippen LogP contribution in [0.25, 0.3) is 0 Å². The van der Waals surface area contributed by atoms with E-state index in [1.54, 1.807) is 35.9 Å². The van der Waals surface area contributed by atoms with Crippen LogP contribution in [0.2, 0.25) is 0 Å². The molecule has 0 saturated carbocycles. The molecular formula is C22H25BrN4O3. The first-order chi connectivity index (χ1) is 14.3. The normalized spacial score (nSPS) is 17.0. The van der Waals surface area contributed by atoms with Crippen LogP contribution in [0.5, 0.6) is 0 Å². The summed E-state index contributed by atoms with van der Waals surface area (Å²) in [5.41, 5.74) is 1.96. The number of hydrogen-bond acceptors (Lipinski definition) is 4. The van der Waals surface area contributed by atoms with Gasteiger partial charge >= 0.3 is 0 Å². The summed E-state index contributed by atoms with van der Waals surface area (Å²) >= 11 is 3.38. The largest absolute Gasteiger partial charge is 0.325 e. The number of amides is 3. The van der Waals surface area contributed by atoms with Crippen LogP contribution in [0.3, 0.4) is 0 Å². The predicted molar refractivity (Wildman–Crippen MR) is 122 cm³/mol. The van der Waals surface area contributed by atoms with Crippen molar-refractivity contribution in [2.24, 2.45) is 0 Å². The average Bonchev–Trinajstić information content (AvgIpc) is 2.81. The zero-order valence-electron chi connectivity index (χ0n) is 17.2. The third-order valence-corrected chi connectivity index (χ3v) is 5.64. The fraction of sp³-hybridized carbons (Fsp3) is 0.318. The molecule has 7 nitrogen and oxygen atoms in total. The van der Waals surface area contributed by atoms with Crippen LogP contribution < -0.4 is 15.5 Å². The van der Waals surface area contributed by atoms with E-state index >= 15 is 0 Å². The molecule has 0 saturated heterocycles. The third-order valence-electron chi connectivity index (χ3n) is 5.15. The highest BCUT2D eigenvalue weighted by atomic mass is 79.9. The molecule has 2 atom stereocenters. The number of anilines is 3. The van der Waals surface area contributed by atoms with Gasteiger partial charge in [-0.25, -0.2) is 0 Å². The maximum Gasteiger partial charge on any atom is 0.241 e. The average molecular weight is 473 g/mol. The van der Waals surface area contributed by atoms with Crippen molar-refractivity contribution in [3.63, 3.8) is 0 Å². The van der Waals surface area contributed by atoms with E-state index in [1.165, 1.54) is 0 Å². The Morgan fingerprint density at radius 1 is 1.27 bits per heavy atom. The van der Waals surface area contributed by atoms with Gasteiger partial charge in [0, 0.05) is 22.6 Å². The standard InChI is InChI=1S/C22H25BrN4O3/c1-14-11-20(28)25-18-9-4-5-10-19(18)27(14)21(29)13-26(3)15(2)22(30)24-17-8-6-7-16(23)12-17/h4-10,12,14-15H,11,13H2,1-3H3,(H,24,30)(H,25,28)/t14-,15-/m0/s1. The second kappa shape index (κ2) is 9.40. The topological polar surface area (TPSA) is 81.8 Å². The number of carbonyl (C=O) groups is 3. The highest BCUT2D eigenvalue weighted by molar-refractivity contribution is 9.10. The zero-order valence-corrected chi connectivity index (χ0v) is 18.8. The Bertz CT molecular complexity index is 965. The Morgan fingerprint density at radius 2 is 2.00 bits per heavy atom. The number of hydrogen-bond donors (Lipinski definition) is 2. The molecule has 2 N–H and O–H groups in total. The fourth-order valence-electron chi connectivity index (χ4n) is 3.41. The first-order valence-electron chi connectivity index (χ1n) is 9.74. The smallest absolute Gasteiger partial charge is 0.241 e. The minimum atomic E-state index is -0.523. The summed E-state index contributed by atoms with van der Waals surface area (Å²) in [5.74, 6) is -0.499. The molecule has 0 aliphatic carbocycles. The molecule has 0 bridgehead atoms. The summed E-state index contributed by atoms with van der Waals surface area (Å²) in [5, 5.41) is 5.72. The van der Waals surface area contributed by atoms with Gasteiger partial charge in [0.2, 0.25) is 17.7 Å². The molecule has 2 aromatic carbocycles. The lowest BCUT2D eigenvalue weighted by Crippen LogP contribution is -2.48. The van der Waals surface area contributed by atoms with Gasteiger partial charge in [0.1, 0.15) is 0 Å². The molecule has 2 aromatic rings. The number of nitrogens with zero attached hydrogens (tertiary/aromatic N) is 2. The number of carbonyl (C=O) groups excluding carboxylic acids is 3. The zero-order chi connectivity index (χ0) is 21.8. The van der Waals surface area contributed by atoms with Crippen molar-refractivity contribution in [2.75, 3.05) is 29.1 Å². The molecule has 30 heavy (non-hydrogen) atoms. The van der Waals surface area contributed by atoms with Crippen LogP contribution >= 0.6 is 15.9 Å². The van der Waals surface area contributed by atoms with Gasteiger partial charge in [0.25, 0.3) is 0 Å². The fourth-order valence-corrected chi connectivity index (χ4v) is 3.81. The van der Waals surface area contributed by atoms with E-state index in [-0.39, 0.29) is 36.7 Å². The third kappa shape index (κ3) is 5.06. The van der Waals surface area contributed by atoms with Crippen molar-refractivity contribution < 1.29 is 14.4 Å². The lowest BCUT2D eigenvalue weighted by atomic mass is 10.1. The molecule has 1 heterocycles. The van der Waals surface area contributed by atoms with Crippen LogP contribution in [-0.4, -0.2) is 48.3 Å². The van der Waals surface area contributed by atoms with Crippen LogP contribution in [0, 0.1) is 0 Å². The summed E-state index contributed by atoms with van der Waals surface area (Å²) in [6, 6.07) is 13.8. The second-order valence-corrected chi connectivity index (χ2v) is 8.39. The minimum Gasteiger partial charge on any atom is -0.325 e. The van der Waals surface area contributed by atoms with Gasteiger partial charge in [-0.15, -0.1) is 0 Å². The number of rotatable bonds is 5. The Morgan fingerprint density at radius 3 is 2.73 bits per heavy atom. The monoisotopic (exact) mass is 472 g/mol. The predicted octanol–water partition coefficient (Wildman–Crippen LogP) is 3.47. The van der Waals surface area contributed by atoms with E-state index in [1.807, 2.05) is 43.3 Å². The Kier molecular flexibility index (Phi) is 6.89. The van der Waals surface area contributed by atoms with Crippen LogP contribution in [0.4, 0.5) is 17.1 Å². The van der Waals surface area contributed by atoms with Gasteiger partial charge in [0.15, 0.2) is 0 Å². The maximum absolute atomic E-state index is 13.2. The summed E-state index contributed by atoms with van der Waals surface area (Å²) in [6.45, 7) is 3.65. The molecule has 0 aromatic heterocycles. The highest BCUT2D eigenvalue weighted by Gasteiger charge is 2.31. The Labute approximate surface area is 184 Å². The highest BCUT2D eigenvalue weighted by Crippen LogP contribution is 2.31. The minimum absolute atomic E-state index is 0.0416. The summed E-state index contributed by atoms with van der Waals surface area (Å²) in [7, 11) is 1.74. The maximum atomic E-state index is 13.2. The molecule has 3 amide bonds. The van der Waals surface area contributed by atoms with Gasteiger partial charge in [0.05, 0.1) is 24.0 Å². The van der Waals surface area contributed by atoms with Crippen molar-refractivity contribution in [3.8, 4) is 0 Å². The number of benzene rings is 2. The first-order valence-corrected chi connectivity index (χ1v) is 10.5. The van der Waals surface area contributed by atoms with E-state index in [0.29, 0.717) is 17.1 Å². The summed E-state index contributed by atoms with van der Waals surface area (Å²) in [4.78, 5) is 41.3. The summed E-state index contributed by atoms with van der Waals surface area (Å²) in [6.07, 6.45) is 0.211. The van der Waals surface area contributed by atoms with E-state index < -0.39 is 6.04 Å². The molecule has 1 aliphatic heterocycles. The van der Waals surface area contributed by atoms with Crippen LogP contribution in [0.15, 0.2) is 53.0 Å². The quantitative estimate of drug-likeness (QED) is 0.697. The van der Waals surface area contributed by atoms with Gasteiger partial charge in [-0.2, -0.15) is 0 Å². The van der Waals surface area contributed by atoms with Crippen LogP contribution in [-0.2, 0) is 14.4 Å². The molecule has 0 radical (unpaired) electrons. The molecule has 1 aliphatic rings. The Hall–Kier alpha value is -2.71. The van der Waals surface area contributed by atoms with Gasteiger partial charge in [-0.05, 0) is 51.2 Å². The molecular weight excluding hydrogens is 448 g/mol. The molecule has 0 fully saturated rings. The first kappa shape index (κ1) is 22.0. The lowest BCUT2D eigenvalue weighted by Gasteiger charge is -2.31. The van der Waals surface area contributed by atoms with Crippen molar-refractivity contribution in [3.05, 3.63) is 53.0 Å². The molecule has 3 rings (SSSR count). The van der Waals surface area contributed by atoms with Crippen molar-refractivity contribution in [2.45, 2.75) is 32.4 Å².